The Morgan fingerprint density at radius 2 is 2.24 bits per heavy atom. The lowest BCUT2D eigenvalue weighted by atomic mass is 9.77. The van der Waals surface area contributed by atoms with E-state index in [2.05, 4.69) is 5.32 Å². The maximum Gasteiger partial charge on any atom is 0.410 e. The molecule has 1 aromatic rings. The summed E-state index contributed by atoms with van der Waals surface area (Å²) in [5, 5.41) is 3.21. The Hall–Kier alpha value is -1.62. The smallest absolute Gasteiger partial charge is 0.410 e. The molecule has 114 valence electrons. The van der Waals surface area contributed by atoms with Gasteiger partial charge >= 0.3 is 6.09 Å². The lowest BCUT2D eigenvalue weighted by Crippen LogP contribution is -2.53. The van der Waals surface area contributed by atoms with Gasteiger partial charge in [-0.25, -0.2) is 9.18 Å². The van der Waals surface area contributed by atoms with E-state index < -0.39 is 11.6 Å². The summed E-state index contributed by atoms with van der Waals surface area (Å²) in [5.41, 5.74) is 0.549. The molecule has 1 spiro atoms. The molecule has 0 saturated carbocycles. The van der Waals surface area contributed by atoms with Crippen molar-refractivity contribution in [2.24, 2.45) is 5.41 Å². The van der Waals surface area contributed by atoms with Crippen molar-refractivity contribution >= 4 is 6.09 Å². The van der Waals surface area contributed by atoms with Crippen molar-refractivity contribution in [2.45, 2.75) is 25.6 Å². The number of carbonyl (C=O) groups excluding carboxylic acids is 1. The molecule has 1 amide bonds. The summed E-state index contributed by atoms with van der Waals surface area (Å²) in [6.45, 7) is 2.63. The Labute approximate surface area is 124 Å². The minimum Gasteiger partial charge on any atom is -0.445 e. The van der Waals surface area contributed by atoms with Gasteiger partial charge in [0.25, 0.3) is 0 Å². The van der Waals surface area contributed by atoms with Gasteiger partial charge < -0.3 is 15.0 Å². The minimum absolute atomic E-state index is 0.264. The monoisotopic (exact) mass is 292 g/mol. The molecule has 2 aliphatic rings. The number of benzene rings is 1. The zero-order chi connectivity index (χ0) is 14.7. The van der Waals surface area contributed by atoms with E-state index in [1.165, 1.54) is 0 Å². The summed E-state index contributed by atoms with van der Waals surface area (Å²) in [5.74, 6) is 0. The number of likely N-dealkylation sites (tertiary alicyclic amines) is 1. The SMILES string of the molecule is O=C(OCc1ccccc1)N1CCC(F)C2(CCNC2)C1. The number of nitrogens with zero attached hydrogens (tertiary/aromatic N) is 1. The van der Waals surface area contributed by atoms with E-state index in [1.807, 2.05) is 30.3 Å². The highest BCUT2D eigenvalue weighted by atomic mass is 19.1. The van der Waals surface area contributed by atoms with Crippen LogP contribution in [0.4, 0.5) is 9.18 Å². The molecule has 2 heterocycles. The number of nitrogens with one attached hydrogen (secondary N) is 1. The van der Waals surface area contributed by atoms with Crippen LogP contribution in [-0.4, -0.2) is 43.3 Å². The van der Waals surface area contributed by atoms with Crippen molar-refractivity contribution in [1.82, 2.24) is 10.2 Å². The molecule has 2 saturated heterocycles. The van der Waals surface area contributed by atoms with Crippen molar-refractivity contribution in [3.8, 4) is 0 Å². The van der Waals surface area contributed by atoms with Gasteiger partial charge in [0.05, 0.1) is 0 Å². The third-order valence-electron chi connectivity index (χ3n) is 4.56. The van der Waals surface area contributed by atoms with Crippen molar-refractivity contribution in [2.75, 3.05) is 26.2 Å². The highest BCUT2D eigenvalue weighted by Gasteiger charge is 2.47. The fraction of sp³-hybridized carbons (Fsp3) is 0.562. The third kappa shape index (κ3) is 3.02. The molecule has 5 heteroatoms. The second-order valence-electron chi connectivity index (χ2n) is 6.01. The quantitative estimate of drug-likeness (QED) is 0.909. The molecule has 0 aromatic heterocycles. The van der Waals surface area contributed by atoms with E-state index in [4.69, 9.17) is 4.74 Å². The van der Waals surface area contributed by atoms with E-state index in [0.29, 0.717) is 26.1 Å². The van der Waals surface area contributed by atoms with Crippen LogP contribution in [0.25, 0.3) is 0 Å². The van der Waals surface area contributed by atoms with Gasteiger partial charge in [0.15, 0.2) is 0 Å². The zero-order valence-electron chi connectivity index (χ0n) is 12.1. The first-order valence-corrected chi connectivity index (χ1v) is 7.50. The normalized spacial score (nSPS) is 28.8. The van der Waals surface area contributed by atoms with Gasteiger partial charge in [-0.1, -0.05) is 30.3 Å². The van der Waals surface area contributed by atoms with Crippen molar-refractivity contribution in [3.63, 3.8) is 0 Å². The first-order chi connectivity index (χ1) is 10.2. The molecule has 2 fully saturated rings. The van der Waals surface area contributed by atoms with Crippen LogP contribution in [0.2, 0.25) is 0 Å². The number of piperidine rings is 1. The van der Waals surface area contributed by atoms with Crippen LogP contribution < -0.4 is 5.32 Å². The van der Waals surface area contributed by atoms with Crippen LogP contribution >= 0.6 is 0 Å². The van der Waals surface area contributed by atoms with E-state index in [9.17, 15) is 9.18 Å². The van der Waals surface area contributed by atoms with Gasteiger partial charge in [0.2, 0.25) is 0 Å². The minimum atomic E-state index is -0.828. The molecule has 0 aliphatic carbocycles. The standard InChI is InChI=1S/C16H21FN2O2/c17-14-6-9-19(12-16(14)7-8-18-11-16)15(20)21-10-13-4-2-1-3-5-13/h1-5,14,18H,6-12H2. The van der Waals surface area contributed by atoms with Crippen LogP contribution in [0.15, 0.2) is 30.3 Å². The average molecular weight is 292 g/mol. The van der Waals surface area contributed by atoms with E-state index >= 15 is 0 Å². The average Bonchev–Trinajstić information content (AvgIpc) is 2.98. The first-order valence-electron chi connectivity index (χ1n) is 7.50. The Morgan fingerprint density at radius 1 is 1.43 bits per heavy atom. The van der Waals surface area contributed by atoms with E-state index in [0.717, 1.165) is 18.5 Å². The van der Waals surface area contributed by atoms with Crippen LogP contribution in [-0.2, 0) is 11.3 Å². The van der Waals surface area contributed by atoms with Gasteiger partial charge in [-0.3, -0.25) is 0 Å². The molecular weight excluding hydrogens is 271 g/mol. The summed E-state index contributed by atoms with van der Waals surface area (Å²) in [6.07, 6.45) is 0.0290. The summed E-state index contributed by atoms with van der Waals surface area (Å²) in [7, 11) is 0. The van der Waals surface area contributed by atoms with Gasteiger partial charge in [-0.2, -0.15) is 0 Å². The van der Waals surface area contributed by atoms with Crippen molar-refractivity contribution < 1.29 is 13.9 Å². The molecule has 4 nitrogen and oxygen atoms in total. The van der Waals surface area contributed by atoms with E-state index in [1.54, 1.807) is 4.90 Å². The van der Waals surface area contributed by atoms with Crippen molar-refractivity contribution in [1.29, 1.82) is 0 Å². The lowest BCUT2D eigenvalue weighted by molar-refractivity contribution is 0.00970. The number of rotatable bonds is 2. The number of alkyl halides is 1. The Bertz CT molecular complexity index is 488. The second kappa shape index (κ2) is 6.02. The molecule has 2 atom stereocenters. The fourth-order valence-corrected chi connectivity index (χ4v) is 3.27. The molecule has 2 unspecified atom stereocenters. The predicted molar refractivity (Wildman–Crippen MR) is 77.6 cm³/mol. The number of ether oxygens (including phenoxy) is 1. The number of hydrogen-bond acceptors (Lipinski definition) is 3. The molecule has 21 heavy (non-hydrogen) atoms. The summed E-state index contributed by atoms with van der Waals surface area (Å²) >= 11 is 0. The van der Waals surface area contributed by atoms with E-state index in [-0.39, 0.29) is 12.7 Å². The number of hydrogen-bond donors (Lipinski definition) is 1. The Morgan fingerprint density at radius 3 is 2.95 bits per heavy atom. The summed E-state index contributed by atoms with van der Waals surface area (Å²) in [4.78, 5) is 13.8. The molecule has 1 N–H and O–H groups in total. The first kappa shape index (κ1) is 14.3. The number of amides is 1. The Balaban J connectivity index is 1.57. The lowest BCUT2D eigenvalue weighted by Gasteiger charge is -2.41. The molecule has 2 aliphatic heterocycles. The highest BCUT2D eigenvalue weighted by Crippen LogP contribution is 2.38. The van der Waals surface area contributed by atoms with Crippen LogP contribution in [0, 0.1) is 5.41 Å². The van der Waals surface area contributed by atoms with Gasteiger partial charge in [-0.15, -0.1) is 0 Å². The van der Waals surface area contributed by atoms with Gasteiger partial charge in [-0.05, 0) is 24.9 Å². The second-order valence-corrected chi connectivity index (χ2v) is 6.01. The summed E-state index contributed by atoms with van der Waals surface area (Å²) < 4.78 is 19.6. The third-order valence-corrected chi connectivity index (χ3v) is 4.56. The zero-order valence-corrected chi connectivity index (χ0v) is 12.1. The predicted octanol–water partition coefficient (Wildman–Crippen LogP) is 2.35. The topological polar surface area (TPSA) is 41.6 Å². The van der Waals surface area contributed by atoms with Crippen LogP contribution in [0.1, 0.15) is 18.4 Å². The maximum atomic E-state index is 14.2. The molecule has 1 aromatic carbocycles. The van der Waals surface area contributed by atoms with Crippen molar-refractivity contribution in [3.05, 3.63) is 35.9 Å². The number of carbonyl (C=O) groups is 1. The Kier molecular flexibility index (Phi) is 4.10. The van der Waals surface area contributed by atoms with Gasteiger partial charge in [0.1, 0.15) is 12.8 Å². The molecule has 0 bridgehead atoms. The highest BCUT2D eigenvalue weighted by molar-refractivity contribution is 5.68. The maximum absolute atomic E-state index is 14.2. The van der Waals surface area contributed by atoms with Crippen LogP contribution in [0.5, 0.6) is 0 Å². The molecular formula is C16H21FN2O2. The summed E-state index contributed by atoms with van der Waals surface area (Å²) in [6, 6.07) is 9.59. The van der Waals surface area contributed by atoms with Crippen LogP contribution in [0.3, 0.4) is 0 Å². The van der Waals surface area contributed by atoms with Gasteiger partial charge in [0, 0.05) is 25.0 Å². The number of halogens is 1. The fourth-order valence-electron chi connectivity index (χ4n) is 3.27. The largest absolute Gasteiger partial charge is 0.445 e. The molecule has 0 radical (unpaired) electrons. The molecule has 3 rings (SSSR count).